The maximum absolute atomic E-state index is 12.9. The SMILES string of the molecule is [2H]c1c([2H])c(C(=O)N[C@@H](CCC(=O)OC)C(=O)OC)c([2H])c([2H])c1NCC1CN=C2N=C(NC(C)=O)NC(=O)C2N1. The number of hydrogen-bond acceptors (Lipinski definition) is 11. The van der Waals surface area contributed by atoms with Crippen LogP contribution in [0.1, 0.15) is 35.6 Å². The van der Waals surface area contributed by atoms with Crippen molar-refractivity contribution in [3.63, 3.8) is 0 Å². The summed E-state index contributed by atoms with van der Waals surface area (Å²) in [5.74, 6) is -3.34. The zero-order chi connectivity index (χ0) is 30.4. The van der Waals surface area contributed by atoms with Crippen molar-refractivity contribution in [1.82, 2.24) is 21.3 Å². The Morgan fingerprint density at radius 2 is 1.92 bits per heavy atom. The number of benzene rings is 1. The molecular formula is C23H29N7O7. The number of hydrogen-bond donors (Lipinski definition) is 5. The average Bonchev–Trinajstić information content (AvgIpc) is 2.93. The number of amides is 3. The van der Waals surface area contributed by atoms with E-state index in [4.69, 9.17) is 5.48 Å². The molecule has 5 N–H and O–H groups in total. The predicted molar refractivity (Wildman–Crippen MR) is 132 cm³/mol. The summed E-state index contributed by atoms with van der Waals surface area (Å²) < 4.78 is 42.5. The predicted octanol–water partition coefficient (Wildman–Crippen LogP) is -1.32. The van der Waals surface area contributed by atoms with Crippen LogP contribution in [0.2, 0.25) is 0 Å². The number of carbonyl (C=O) groups excluding carboxylic acids is 5. The van der Waals surface area contributed by atoms with Crippen molar-refractivity contribution < 1.29 is 38.9 Å². The van der Waals surface area contributed by atoms with E-state index >= 15 is 0 Å². The van der Waals surface area contributed by atoms with Crippen molar-refractivity contribution in [2.24, 2.45) is 9.98 Å². The second-order valence-electron chi connectivity index (χ2n) is 7.92. The average molecular weight is 520 g/mol. The van der Waals surface area contributed by atoms with Crippen LogP contribution < -0.4 is 26.6 Å². The lowest BCUT2D eigenvalue weighted by Crippen LogP contribution is -2.62. The van der Waals surface area contributed by atoms with Gasteiger partial charge in [-0.25, -0.2) is 4.79 Å². The van der Waals surface area contributed by atoms with E-state index in [9.17, 15) is 24.0 Å². The minimum absolute atomic E-state index is 0.0307. The zero-order valence-electron chi connectivity index (χ0n) is 24.3. The third-order valence-corrected chi connectivity index (χ3v) is 5.19. The lowest BCUT2D eigenvalue weighted by atomic mass is 10.1. The van der Waals surface area contributed by atoms with E-state index in [0.29, 0.717) is 0 Å². The number of esters is 2. The van der Waals surface area contributed by atoms with Gasteiger partial charge in [0.25, 0.3) is 11.8 Å². The van der Waals surface area contributed by atoms with Crippen molar-refractivity contribution in [2.45, 2.75) is 37.9 Å². The molecule has 0 saturated carbocycles. The molecule has 0 aromatic heterocycles. The molecule has 198 valence electrons. The Morgan fingerprint density at radius 3 is 2.57 bits per heavy atom. The Balaban J connectivity index is 1.75. The molecule has 3 amide bonds. The van der Waals surface area contributed by atoms with E-state index < -0.39 is 77.5 Å². The van der Waals surface area contributed by atoms with Gasteiger partial charge in [-0.15, -0.1) is 0 Å². The Hall–Kier alpha value is -4.33. The van der Waals surface area contributed by atoms with Crippen LogP contribution in [0.3, 0.4) is 0 Å². The molecule has 14 nitrogen and oxygen atoms in total. The van der Waals surface area contributed by atoms with Crippen LogP contribution >= 0.6 is 0 Å². The first-order chi connectivity index (χ1) is 19.4. The minimum Gasteiger partial charge on any atom is -0.469 e. The number of guanidine groups is 1. The number of anilines is 1. The van der Waals surface area contributed by atoms with Crippen LogP contribution in [0.25, 0.3) is 0 Å². The van der Waals surface area contributed by atoms with Gasteiger partial charge in [-0.2, -0.15) is 4.99 Å². The maximum atomic E-state index is 12.9. The van der Waals surface area contributed by atoms with E-state index in [1.54, 1.807) is 0 Å². The van der Waals surface area contributed by atoms with Crippen molar-refractivity contribution in [1.29, 1.82) is 0 Å². The van der Waals surface area contributed by atoms with Gasteiger partial charge in [0.15, 0.2) is 5.84 Å². The lowest BCUT2D eigenvalue weighted by molar-refractivity contribution is -0.144. The lowest BCUT2D eigenvalue weighted by Gasteiger charge is -2.31. The van der Waals surface area contributed by atoms with E-state index in [-0.39, 0.29) is 43.4 Å². The van der Waals surface area contributed by atoms with Gasteiger partial charge in [-0.3, -0.25) is 40.1 Å². The molecule has 2 heterocycles. The highest BCUT2D eigenvalue weighted by Crippen LogP contribution is 2.13. The molecule has 3 atom stereocenters. The Kier molecular flexibility index (Phi) is 7.45. The fourth-order valence-corrected chi connectivity index (χ4v) is 3.36. The number of carbonyl (C=O) groups is 5. The fourth-order valence-electron chi connectivity index (χ4n) is 3.36. The van der Waals surface area contributed by atoms with Gasteiger partial charge in [0, 0.05) is 37.2 Å². The highest BCUT2D eigenvalue weighted by atomic mass is 16.5. The molecule has 0 radical (unpaired) electrons. The Bertz CT molecular complexity index is 1310. The van der Waals surface area contributed by atoms with E-state index in [0.717, 1.165) is 14.2 Å². The molecular weight excluding hydrogens is 486 g/mol. The Morgan fingerprint density at radius 1 is 1.19 bits per heavy atom. The van der Waals surface area contributed by atoms with Crippen molar-refractivity contribution in [3.05, 3.63) is 29.7 Å². The van der Waals surface area contributed by atoms with Crippen LogP contribution in [0.5, 0.6) is 0 Å². The molecule has 0 aliphatic carbocycles. The fraction of sp³-hybridized carbons (Fsp3) is 0.435. The number of rotatable bonds is 9. The monoisotopic (exact) mass is 519 g/mol. The van der Waals surface area contributed by atoms with Crippen LogP contribution in [0.4, 0.5) is 5.69 Å². The molecule has 0 bridgehead atoms. The van der Waals surface area contributed by atoms with Gasteiger partial charge in [0.05, 0.1) is 26.2 Å². The molecule has 0 spiro atoms. The number of amidine groups is 1. The summed E-state index contributed by atoms with van der Waals surface area (Å²) in [6.07, 6.45) is -0.398. The molecule has 2 unspecified atom stereocenters. The maximum Gasteiger partial charge on any atom is 0.328 e. The van der Waals surface area contributed by atoms with Gasteiger partial charge in [-0.1, -0.05) is 0 Å². The van der Waals surface area contributed by atoms with Gasteiger partial charge in [-0.05, 0) is 30.6 Å². The van der Waals surface area contributed by atoms with Gasteiger partial charge >= 0.3 is 11.9 Å². The summed E-state index contributed by atoms with van der Waals surface area (Å²) in [4.78, 5) is 68.6. The van der Waals surface area contributed by atoms with E-state index in [2.05, 4.69) is 46.0 Å². The number of nitrogens with zero attached hydrogens (tertiary/aromatic N) is 2. The molecule has 2 aliphatic heterocycles. The second kappa shape index (κ2) is 12.6. The van der Waals surface area contributed by atoms with Crippen molar-refractivity contribution in [2.75, 3.05) is 32.6 Å². The highest BCUT2D eigenvalue weighted by Gasteiger charge is 2.35. The minimum atomic E-state index is -1.30. The summed E-state index contributed by atoms with van der Waals surface area (Å²) in [7, 11) is 2.24. The van der Waals surface area contributed by atoms with Crippen LogP contribution in [-0.4, -0.2) is 86.9 Å². The first-order valence-electron chi connectivity index (χ1n) is 13.1. The van der Waals surface area contributed by atoms with Crippen molar-refractivity contribution in [3.8, 4) is 0 Å². The number of methoxy groups -OCH3 is 2. The van der Waals surface area contributed by atoms with Gasteiger partial charge in [0.2, 0.25) is 11.9 Å². The van der Waals surface area contributed by atoms with E-state index in [1.165, 1.54) is 6.92 Å². The standard InChI is InChI=1S/C23H29N7O7/c1-12(31)26-23-29-19-18(21(34)30-23)27-15(11-25-19)10-24-14-6-4-13(5-7-14)20(33)28-16(22(35)37-3)8-9-17(32)36-2/h4-7,15-16,18,24,27H,8-11H2,1-3H3,(H,28,33)(H2,25,26,29,30,31,34)/t15?,16-,18?/m0/s1/i4D,5D,6D,7D. The largest absolute Gasteiger partial charge is 0.469 e. The molecule has 1 aromatic carbocycles. The summed E-state index contributed by atoms with van der Waals surface area (Å²) in [6.45, 7) is 1.44. The van der Waals surface area contributed by atoms with Crippen LogP contribution in [0, 0.1) is 0 Å². The molecule has 1 aromatic rings. The molecule has 37 heavy (non-hydrogen) atoms. The smallest absolute Gasteiger partial charge is 0.328 e. The number of ether oxygens (including phenoxy) is 2. The summed E-state index contributed by atoms with van der Waals surface area (Å²) in [5.41, 5.74) is -0.795. The molecule has 14 heteroatoms. The number of fused-ring (bicyclic) bond motifs is 1. The molecule has 0 fully saturated rings. The summed E-state index contributed by atoms with van der Waals surface area (Å²) >= 11 is 0. The van der Waals surface area contributed by atoms with Gasteiger partial charge < -0.3 is 20.1 Å². The summed E-state index contributed by atoms with van der Waals surface area (Å²) in [6, 6.07) is -5.10. The van der Waals surface area contributed by atoms with Crippen molar-refractivity contribution >= 4 is 47.1 Å². The van der Waals surface area contributed by atoms with Crippen LogP contribution in [0.15, 0.2) is 34.2 Å². The number of nitrogens with one attached hydrogen (secondary N) is 5. The topological polar surface area (TPSA) is 189 Å². The number of aliphatic imine (C=N–C) groups is 2. The third-order valence-electron chi connectivity index (χ3n) is 5.19. The first-order valence-corrected chi connectivity index (χ1v) is 11.1. The zero-order valence-corrected chi connectivity index (χ0v) is 20.3. The first kappa shape index (κ1) is 21.9. The summed E-state index contributed by atoms with van der Waals surface area (Å²) in [5, 5.41) is 13.0. The normalized spacial score (nSPS) is 20.7. The third kappa shape index (κ3) is 7.57. The molecule has 3 rings (SSSR count). The molecule has 0 saturated heterocycles. The Labute approximate surface area is 218 Å². The molecule has 2 aliphatic rings. The van der Waals surface area contributed by atoms with Crippen LogP contribution in [-0.2, 0) is 28.7 Å². The second-order valence-corrected chi connectivity index (χ2v) is 7.92. The van der Waals surface area contributed by atoms with E-state index in [1.807, 2.05) is 0 Å². The van der Waals surface area contributed by atoms with Gasteiger partial charge in [0.1, 0.15) is 12.1 Å². The quantitative estimate of drug-likeness (QED) is 0.247. The highest BCUT2D eigenvalue weighted by molar-refractivity contribution is 6.21.